The van der Waals surface area contributed by atoms with E-state index in [0.717, 1.165) is 51.7 Å². The van der Waals surface area contributed by atoms with Crippen LogP contribution in [-0.4, -0.2) is 48.1 Å². The van der Waals surface area contributed by atoms with Gasteiger partial charge in [-0.2, -0.15) is 5.26 Å². The molecule has 2 aromatic rings. The monoisotopic (exact) mass is 494 g/mol. The molecule has 2 amide bonds. The van der Waals surface area contributed by atoms with E-state index in [0.29, 0.717) is 23.7 Å². The number of rotatable bonds is 7. The number of carbonyl (C=O) groups is 1. The van der Waals surface area contributed by atoms with Crippen LogP contribution in [0.1, 0.15) is 56.1 Å². The zero-order valence-electron chi connectivity index (χ0n) is 20.0. The fraction of sp³-hybridized carbons (Fsp3) is 0.500. The molecule has 2 aromatic carbocycles. The van der Waals surface area contributed by atoms with E-state index in [1.165, 1.54) is 30.5 Å². The van der Waals surface area contributed by atoms with Crippen LogP contribution < -0.4 is 5.32 Å². The van der Waals surface area contributed by atoms with Gasteiger partial charge in [0.25, 0.3) is 0 Å². The second-order valence-electron chi connectivity index (χ2n) is 10.3. The number of likely N-dealkylation sites (tertiary alicyclic amines) is 1. The lowest BCUT2D eigenvalue weighted by Gasteiger charge is -2.37. The minimum atomic E-state index is -0.495. The van der Waals surface area contributed by atoms with Crippen molar-refractivity contribution in [1.82, 2.24) is 9.80 Å². The molecule has 3 atom stereocenters. The van der Waals surface area contributed by atoms with E-state index in [1.807, 2.05) is 23.1 Å². The molecule has 3 aliphatic rings. The van der Waals surface area contributed by atoms with Gasteiger partial charge >= 0.3 is 6.03 Å². The van der Waals surface area contributed by atoms with E-state index in [4.69, 9.17) is 11.6 Å². The summed E-state index contributed by atoms with van der Waals surface area (Å²) in [4.78, 5) is 17.9. The maximum absolute atomic E-state index is 13.6. The molecule has 5 rings (SSSR count). The van der Waals surface area contributed by atoms with Gasteiger partial charge in [-0.15, -0.1) is 0 Å². The van der Waals surface area contributed by atoms with Gasteiger partial charge in [-0.3, -0.25) is 0 Å². The number of nitriles is 1. The van der Waals surface area contributed by atoms with Crippen LogP contribution in [0.25, 0.3) is 0 Å². The molecule has 7 heteroatoms. The van der Waals surface area contributed by atoms with Gasteiger partial charge in [0.05, 0.1) is 16.7 Å². The lowest BCUT2D eigenvalue weighted by atomic mass is 9.80. The van der Waals surface area contributed by atoms with Crippen LogP contribution in [0.5, 0.6) is 0 Å². The maximum Gasteiger partial charge on any atom is 0.322 e. The van der Waals surface area contributed by atoms with E-state index in [9.17, 15) is 14.4 Å². The smallest absolute Gasteiger partial charge is 0.321 e. The summed E-state index contributed by atoms with van der Waals surface area (Å²) in [7, 11) is 0. The molecule has 1 N–H and O–H groups in total. The van der Waals surface area contributed by atoms with Crippen molar-refractivity contribution in [3.63, 3.8) is 0 Å². The summed E-state index contributed by atoms with van der Waals surface area (Å²) in [6.45, 7) is 4.00. The average Bonchev–Trinajstić information content (AvgIpc) is 3.38. The van der Waals surface area contributed by atoms with Gasteiger partial charge in [0, 0.05) is 18.3 Å². The first-order chi connectivity index (χ1) is 17.0. The predicted molar refractivity (Wildman–Crippen MR) is 136 cm³/mol. The zero-order valence-corrected chi connectivity index (χ0v) is 20.7. The molecule has 2 saturated carbocycles. The highest BCUT2D eigenvalue weighted by Crippen LogP contribution is 2.62. The summed E-state index contributed by atoms with van der Waals surface area (Å²) in [5, 5.41) is 12.3. The zero-order chi connectivity index (χ0) is 24.4. The van der Waals surface area contributed by atoms with Crippen molar-refractivity contribution < 1.29 is 9.18 Å². The number of anilines is 1. The Kier molecular flexibility index (Phi) is 7.00. The first-order valence-electron chi connectivity index (χ1n) is 12.7. The Morgan fingerprint density at radius 3 is 2.83 bits per heavy atom. The van der Waals surface area contributed by atoms with Gasteiger partial charge in [0.1, 0.15) is 5.82 Å². The molecule has 0 aromatic heterocycles. The summed E-state index contributed by atoms with van der Waals surface area (Å²) in [6.07, 6.45) is 7.51. The Bertz CT molecular complexity index is 1130. The van der Waals surface area contributed by atoms with Crippen molar-refractivity contribution in [2.45, 2.75) is 56.4 Å². The Morgan fingerprint density at radius 1 is 1.26 bits per heavy atom. The standard InChI is InChI=1S/C28H32ClFN4O/c29-25-17-23(7-8-26(25)30)32-27(35)34(14-4-13-33-11-1-2-12-33)24-9-10-28(18-22(28)16-24)21-6-3-5-20(15-21)19-31/h3,5-8,15,17,22,24H,1-2,4,9-14,16,18H2,(H,32,35)/t22?,24-,28+/m1/s1. The second kappa shape index (κ2) is 10.2. The summed E-state index contributed by atoms with van der Waals surface area (Å²) in [6, 6.07) is 14.6. The number of nitrogens with zero attached hydrogens (tertiary/aromatic N) is 3. The van der Waals surface area contributed by atoms with Crippen molar-refractivity contribution in [3.05, 3.63) is 64.4 Å². The summed E-state index contributed by atoms with van der Waals surface area (Å²) in [5.41, 5.74) is 2.65. The van der Waals surface area contributed by atoms with Gasteiger partial charge in [-0.05, 0) is 112 Å². The van der Waals surface area contributed by atoms with E-state index < -0.39 is 5.82 Å². The van der Waals surface area contributed by atoms with Gasteiger partial charge in [-0.25, -0.2) is 9.18 Å². The highest BCUT2D eigenvalue weighted by molar-refractivity contribution is 6.31. The number of urea groups is 1. The fourth-order valence-electron chi connectivity index (χ4n) is 6.24. The highest BCUT2D eigenvalue weighted by atomic mass is 35.5. The number of hydrogen-bond donors (Lipinski definition) is 1. The van der Waals surface area contributed by atoms with Crippen LogP contribution in [0.4, 0.5) is 14.9 Å². The summed E-state index contributed by atoms with van der Waals surface area (Å²) in [5.74, 6) is 0.0364. The molecule has 1 saturated heterocycles. The van der Waals surface area contributed by atoms with Crippen molar-refractivity contribution in [2.75, 3.05) is 31.5 Å². The molecule has 184 valence electrons. The van der Waals surface area contributed by atoms with Crippen molar-refractivity contribution >= 4 is 23.3 Å². The van der Waals surface area contributed by atoms with Crippen LogP contribution in [0, 0.1) is 23.1 Å². The van der Waals surface area contributed by atoms with Crippen LogP contribution in [0.2, 0.25) is 5.02 Å². The number of halogens is 2. The molecule has 2 aliphatic carbocycles. The fourth-order valence-corrected chi connectivity index (χ4v) is 6.42. The second-order valence-corrected chi connectivity index (χ2v) is 10.7. The number of nitrogens with one attached hydrogen (secondary N) is 1. The third kappa shape index (κ3) is 5.17. The minimum absolute atomic E-state index is 0.00316. The van der Waals surface area contributed by atoms with Crippen LogP contribution in [0.3, 0.4) is 0 Å². The first kappa shape index (κ1) is 24.1. The van der Waals surface area contributed by atoms with E-state index in [2.05, 4.69) is 22.4 Å². The van der Waals surface area contributed by atoms with Crippen LogP contribution >= 0.6 is 11.6 Å². The molecule has 0 spiro atoms. The Balaban J connectivity index is 1.27. The van der Waals surface area contributed by atoms with Crippen molar-refractivity contribution in [3.8, 4) is 6.07 Å². The van der Waals surface area contributed by atoms with Gasteiger partial charge < -0.3 is 15.1 Å². The summed E-state index contributed by atoms with van der Waals surface area (Å²) < 4.78 is 13.6. The lowest BCUT2D eigenvalue weighted by molar-refractivity contribution is 0.156. The van der Waals surface area contributed by atoms with Crippen LogP contribution in [-0.2, 0) is 5.41 Å². The number of fused-ring (bicyclic) bond motifs is 1. The molecule has 1 heterocycles. The Hall–Kier alpha value is -2.62. The third-order valence-electron chi connectivity index (χ3n) is 8.22. The predicted octanol–water partition coefficient (Wildman–Crippen LogP) is 6.18. The Labute approximate surface area is 211 Å². The molecule has 0 bridgehead atoms. The minimum Gasteiger partial charge on any atom is -0.321 e. The van der Waals surface area contributed by atoms with Crippen molar-refractivity contribution in [1.29, 1.82) is 5.26 Å². The summed E-state index contributed by atoms with van der Waals surface area (Å²) >= 11 is 5.94. The van der Waals surface area contributed by atoms with E-state index >= 15 is 0 Å². The van der Waals surface area contributed by atoms with Crippen LogP contribution in [0.15, 0.2) is 42.5 Å². The SMILES string of the molecule is N#Cc1cccc([C@@]23CC[C@@H](N(CCCN4CCCC4)C(=O)Nc4ccc(F)c(Cl)c4)CC2C3)c1. The molecule has 0 radical (unpaired) electrons. The molecular weight excluding hydrogens is 463 g/mol. The normalized spacial score (nSPS) is 25.5. The third-order valence-corrected chi connectivity index (χ3v) is 8.51. The number of benzene rings is 2. The lowest BCUT2D eigenvalue weighted by Crippen LogP contribution is -2.46. The number of carbonyl (C=O) groups excluding carboxylic acids is 1. The van der Waals surface area contributed by atoms with Gasteiger partial charge in [0.2, 0.25) is 0 Å². The Morgan fingerprint density at radius 2 is 2.09 bits per heavy atom. The molecule has 1 unspecified atom stereocenters. The molecule has 1 aliphatic heterocycles. The number of hydrogen-bond acceptors (Lipinski definition) is 3. The van der Waals surface area contributed by atoms with Gasteiger partial charge in [-0.1, -0.05) is 23.7 Å². The highest BCUT2D eigenvalue weighted by Gasteiger charge is 2.58. The molecular formula is C28H32ClFN4O. The number of amides is 2. The quantitative estimate of drug-likeness (QED) is 0.500. The van der Waals surface area contributed by atoms with Gasteiger partial charge in [0.15, 0.2) is 0 Å². The van der Waals surface area contributed by atoms with Crippen molar-refractivity contribution in [2.24, 2.45) is 5.92 Å². The topological polar surface area (TPSA) is 59.4 Å². The molecule has 3 fully saturated rings. The molecule has 35 heavy (non-hydrogen) atoms. The largest absolute Gasteiger partial charge is 0.322 e. The average molecular weight is 495 g/mol. The first-order valence-corrected chi connectivity index (χ1v) is 13.1. The molecule has 5 nitrogen and oxygen atoms in total. The van der Waals surface area contributed by atoms with E-state index in [-0.39, 0.29) is 22.5 Å². The van der Waals surface area contributed by atoms with E-state index in [1.54, 1.807) is 6.07 Å². The maximum atomic E-state index is 13.6.